The number of carbonyl (C=O) groups excluding carboxylic acids is 1. The fourth-order valence-corrected chi connectivity index (χ4v) is 6.48. The zero-order valence-electron chi connectivity index (χ0n) is 31.1. The average molecular weight is 694 g/mol. The van der Waals surface area contributed by atoms with Crippen LogP contribution in [0.15, 0.2) is 48.6 Å². The predicted octanol–water partition coefficient (Wildman–Crippen LogP) is 11.5. The molecule has 0 aliphatic heterocycles. The summed E-state index contributed by atoms with van der Waals surface area (Å²) in [5.74, 6) is -0.997. The third-order valence-corrected chi connectivity index (χ3v) is 9.53. The molecule has 2 unspecified atom stereocenters. The number of amides is 1. The number of aliphatic hydroxyl groups is 1. The molecule has 0 aromatic carbocycles. The van der Waals surface area contributed by atoms with Gasteiger partial charge in [0.15, 0.2) is 0 Å². The lowest BCUT2D eigenvalue weighted by molar-refractivity contribution is -0.122. The molecule has 0 fully saturated rings. The van der Waals surface area contributed by atoms with Crippen LogP contribution in [0.1, 0.15) is 187 Å². The molecule has 2 atom stereocenters. The van der Waals surface area contributed by atoms with Crippen molar-refractivity contribution in [2.45, 2.75) is 199 Å². The molecule has 0 aliphatic rings. The van der Waals surface area contributed by atoms with Gasteiger partial charge in [-0.15, -0.1) is 0 Å². The Labute approximate surface area is 297 Å². The van der Waals surface area contributed by atoms with Crippen LogP contribution in [-0.2, 0) is 14.9 Å². The molecule has 0 aromatic heterocycles. The van der Waals surface area contributed by atoms with E-state index in [1.165, 1.54) is 103 Å². The van der Waals surface area contributed by atoms with Crippen molar-refractivity contribution in [1.82, 2.24) is 5.32 Å². The minimum absolute atomic E-state index is 0.280. The highest BCUT2D eigenvalue weighted by Crippen LogP contribution is 2.13. The fraction of sp³-hybridized carbons (Fsp3) is 0.780. The van der Waals surface area contributed by atoms with Gasteiger partial charge in [0, 0.05) is 6.42 Å². The number of hydrogen-bond acceptors (Lipinski definition) is 4. The molecule has 1 amide bonds. The molecule has 7 heteroatoms. The normalized spacial score (nSPS) is 13.8. The molecule has 0 spiro atoms. The molecule has 0 aromatic rings. The number of nitrogens with one attached hydrogen (secondary N) is 1. The Kier molecular flexibility index (Phi) is 33.9. The highest BCUT2D eigenvalue weighted by molar-refractivity contribution is 7.85. The number of hydrogen-bond donors (Lipinski definition) is 3. The molecule has 48 heavy (non-hydrogen) atoms. The first-order valence-electron chi connectivity index (χ1n) is 19.8. The Bertz CT molecular complexity index is 940. The summed E-state index contributed by atoms with van der Waals surface area (Å²) in [4.78, 5) is 12.5. The van der Waals surface area contributed by atoms with E-state index in [4.69, 9.17) is 0 Å². The molecule has 0 aliphatic carbocycles. The second-order valence-corrected chi connectivity index (χ2v) is 15.1. The number of unbranched alkanes of at least 4 members (excludes halogenated alkanes) is 21. The number of aliphatic hydroxyl groups excluding tert-OH is 1. The van der Waals surface area contributed by atoms with Crippen LogP contribution in [0, 0.1) is 0 Å². The Hall–Kier alpha value is -1.70. The largest absolute Gasteiger partial charge is 0.387 e. The first-order valence-corrected chi connectivity index (χ1v) is 21.4. The highest BCUT2D eigenvalue weighted by Gasteiger charge is 2.24. The van der Waals surface area contributed by atoms with Crippen LogP contribution < -0.4 is 5.32 Å². The lowest BCUT2D eigenvalue weighted by atomic mass is 10.0. The van der Waals surface area contributed by atoms with Crippen molar-refractivity contribution in [1.29, 1.82) is 0 Å². The van der Waals surface area contributed by atoms with Gasteiger partial charge in [0.25, 0.3) is 10.1 Å². The van der Waals surface area contributed by atoms with Crippen molar-refractivity contribution in [2.24, 2.45) is 0 Å². The minimum atomic E-state index is -4.35. The number of carbonyl (C=O) groups is 1. The number of rotatable bonds is 35. The Morgan fingerprint density at radius 3 is 1.42 bits per heavy atom. The fourth-order valence-electron chi connectivity index (χ4n) is 5.75. The molecule has 0 bridgehead atoms. The van der Waals surface area contributed by atoms with Crippen LogP contribution in [0.2, 0.25) is 0 Å². The second-order valence-electron chi connectivity index (χ2n) is 13.6. The lowest BCUT2D eigenvalue weighted by Gasteiger charge is -2.21. The van der Waals surface area contributed by atoms with E-state index in [-0.39, 0.29) is 12.3 Å². The van der Waals surface area contributed by atoms with Crippen molar-refractivity contribution in [3.8, 4) is 0 Å². The van der Waals surface area contributed by atoms with E-state index in [9.17, 15) is 22.9 Å². The lowest BCUT2D eigenvalue weighted by Crippen LogP contribution is -2.46. The van der Waals surface area contributed by atoms with Gasteiger partial charge in [0.05, 0.1) is 17.9 Å². The molecule has 6 nitrogen and oxygen atoms in total. The van der Waals surface area contributed by atoms with Gasteiger partial charge in [-0.3, -0.25) is 9.35 Å². The van der Waals surface area contributed by atoms with Crippen molar-refractivity contribution < 1.29 is 22.9 Å². The van der Waals surface area contributed by atoms with Gasteiger partial charge >= 0.3 is 0 Å². The van der Waals surface area contributed by atoms with Crippen LogP contribution in [0.5, 0.6) is 0 Å². The van der Waals surface area contributed by atoms with Crippen molar-refractivity contribution in [3.63, 3.8) is 0 Å². The summed E-state index contributed by atoms with van der Waals surface area (Å²) >= 11 is 0. The molecule has 280 valence electrons. The van der Waals surface area contributed by atoms with Crippen molar-refractivity contribution in [2.75, 3.05) is 5.75 Å². The van der Waals surface area contributed by atoms with Crippen LogP contribution in [-0.4, -0.2) is 41.9 Å². The van der Waals surface area contributed by atoms with E-state index in [0.717, 1.165) is 64.2 Å². The van der Waals surface area contributed by atoms with E-state index in [2.05, 4.69) is 55.6 Å². The van der Waals surface area contributed by atoms with E-state index in [1.807, 2.05) is 6.08 Å². The molecule has 0 saturated carbocycles. The van der Waals surface area contributed by atoms with Crippen LogP contribution >= 0.6 is 0 Å². The smallest absolute Gasteiger partial charge is 0.267 e. The maximum absolute atomic E-state index is 12.5. The van der Waals surface area contributed by atoms with Gasteiger partial charge in [-0.1, -0.05) is 172 Å². The quantitative estimate of drug-likeness (QED) is 0.0348. The maximum atomic E-state index is 12.5. The standard InChI is InChI=1S/C41H75NO5S/c1-3-5-7-9-11-13-15-17-19-20-21-22-23-25-27-29-31-33-35-37-41(44)42-39(38-48(45,46)47)40(43)36-34-32-30-28-26-24-18-16-14-12-10-8-6-4-2/h11,13,17,19,21-22,34,36,39-40,43H,3-10,12,14-16,18,20,23-33,35,37-38H2,1-2H3,(H,42,44)(H,45,46,47)/b13-11-,19-17-,22-21-,36-34+. The molecular weight excluding hydrogens is 619 g/mol. The molecule has 0 heterocycles. The second kappa shape index (κ2) is 35.1. The SMILES string of the molecule is CCCCC/C=C\C/C=C\C/C=C\CCCCCCCCC(=O)NC(CS(=O)(=O)O)C(O)/C=C/CCCCCCCCCCCCCC. The summed E-state index contributed by atoms with van der Waals surface area (Å²) in [7, 11) is -4.35. The van der Waals surface area contributed by atoms with Gasteiger partial charge in [-0.25, -0.2) is 0 Å². The predicted molar refractivity (Wildman–Crippen MR) is 207 cm³/mol. The van der Waals surface area contributed by atoms with Crippen molar-refractivity contribution in [3.05, 3.63) is 48.6 Å². The van der Waals surface area contributed by atoms with Gasteiger partial charge in [-0.05, 0) is 57.8 Å². The zero-order valence-corrected chi connectivity index (χ0v) is 31.9. The summed E-state index contributed by atoms with van der Waals surface area (Å²) in [5, 5.41) is 13.2. The van der Waals surface area contributed by atoms with Crippen LogP contribution in [0.25, 0.3) is 0 Å². The van der Waals surface area contributed by atoms with E-state index >= 15 is 0 Å². The van der Waals surface area contributed by atoms with E-state index in [1.54, 1.807) is 6.08 Å². The average Bonchev–Trinajstić information content (AvgIpc) is 3.05. The first kappa shape index (κ1) is 46.3. The summed E-state index contributed by atoms with van der Waals surface area (Å²) in [6.45, 7) is 4.48. The van der Waals surface area contributed by atoms with Gasteiger partial charge in [0.2, 0.25) is 5.91 Å². The monoisotopic (exact) mass is 694 g/mol. The van der Waals surface area contributed by atoms with E-state index < -0.39 is 28.0 Å². The molecule has 0 rings (SSSR count). The van der Waals surface area contributed by atoms with Gasteiger partial charge in [-0.2, -0.15) is 8.42 Å². The Morgan fingerprint density at radius 1 is 0.562 bits per heavy atom. The maximum Gasteiger partial charge on any atom is 0.267 e. The van der Waals surface area contributed by atoms with Crippen molar-refractivity contribution >= 4 is 16.0 Å². The third kappa shape index (κ3) is 35.6. The Morgan fingerprint density at radius 2 is 0.938 bits per heavy atom. The zero-order chi connectivity index (χ0) is 35.4. The molecule has 3 N–H and O–H groups in total. The van der Waals surface area contributed by atoms with E-state index in [0.29, 0.717) is 0 Å². The topological polar surface area (TPSA) is 104 Å². The summed E-state index contributed by atoms with van der Waals surface area (Å²) in [6.07, 6.45) is 46.6. The summed E-state index contributed by atoms with van der Waals surface area (Å²) < 4.78 is 32.4. The minimum Gasteiger partial charge on any atom is -0.387 e. The molecule has 0 saturated heterocycles. The van der Waals surface area contributed by atoms with Crippen LogP contribution in [0.4, 0.5) is 0 Å². The third-order valence-electron chi connectivity index (χ3n) is 8.75. The molecule has 0 radical (unpaired) electrons. The van der Waals surface area contributed by atoms with Gasteiger partial charge < -0.3 is 10.4 Å². The summed E-state index contributed by atoms with van der Waals surface area (Å²) in [5.41, 5.74) is 0. The summed E-state index contributed by atoms with van der Waals surface area (Å²) in [6, 6.07) is -1.06. The highest BCUT2D eigenvalue weighted by atomic mass is 32.2. The number of allylic oxidation sites excluding steroid dienone is 7. The first-order chi connectivity index (χ1) is 23.3. The Balaban J connectivity index is 3.98. The van der Waals surface area contributed by atoms with Gasteiger partial charge in [0.1, 0.15) is 0 Å². The molecular formula is C41H75NO5S. The van der Waals surface area contributed by atoms with Crippen LogP contribution in [0.3, 0.4) is 0 Å².